The predicted octanol–water partition coefficient (Wildman–Crippen LogP) is 6.11. The molecule has 0 spiro atoms. The number of rotatable bonds is 7. The van der Waals surface area contributed by atoms with Gasteiger partial charge in [-0.3, -0.25) is 0 Å². The maximum atomic E-state index is 15.3. The molecule has 0 amide bonds. The molecule has 1 atom stereocenters. The van der Waals surface area contributed by atoms with Gasteiger partial charge in [0.15, 0.2) is 5.69 Å². The third kappa shape index (κ3) is 4.47. The minimum Gasteiger partial charge on any atom is -0.344 e. The van der Waals surface area contributed by atoms with Crippen molar-refractivity contribution >= 4 is 20.9 Å². The molecule has 2 aliphatic rings. The summed E-state index contributed by atoms with van der Waals surface area (Å²) < 4.78 is 126. The number of alkyl halides is 5. The summed E-state index contributed by atoms with van der Waals surface area (Å²) in [4.78, 5) is 3.10. The van der Waals surface area contributed by atoms with Crippen LogP contribution in [0.5, 0.6) is 0 Å². The molecule has 0 aliphatic heterocycles. The summed E-state index contributed by atoms with van der Waals surface area (Å²) in [6, 6.07) is 0.192. The van der Waals surface area contributed by atoms with Gasteiger partial charge in [-0.2, -0.15) is 13.2 Å². The van der Waals surface area contributed by atoms with Gasteiger partial charge < -0.3 is 4.57 Å². The van der Waals surface area contributed by atoms with E-state index >= 15 is 4.39 Å². The number of hydrogen-bond donors (Lipinski definition) is 1. The molecule has 3 aromatic rings. The largest absolute Gasteiger partial charge is 0.433 e. The van der Waals surface area contributed by atoms with E-state index < -0.39 is 62.4 Å². The van der Waals surface area contributed by atoms with Crippen LogP contribution in [0.15, 0.2) is 30.6 Å². The quantitative estimate of drug-likeness (QED) is 0.371. The van der Waals surface area contributed by atoms with Gasteiger partial charge >= 0.3 is 6.18 Å². The lowest BCUT2D eigenvalue weighted by Crippen LogP contribution is -2.35. The van der Waals surface area contributed by atoms with Gasteiger partial charge in [-0.15, -0.1) is 0 Å². The molecule has 1 N–H and O–H groups in total. The molecule has 1 aromatic carbocycles. The molecule has 194 valence electrons. The second-order valence-corrected chi connectivity index (χ2v) is 11.1. The Morgan fingerprint density at radius 1 is 1.03 bits per heavy atom. The molecule has 5 nitrogen and oxygen atoms in total. The maximum absolute atomic E-state index is 15.3. The van der Waals surface area contributed by atoms with Crippen molar-refractivity contribution in [3.05, 3.63) is 53.5 Å². The molecule has 13 heteroatoms. The standard InChI is InChI=1S/C23H20F7N3O2S/c24-11-6-16(21(31-9-11)23(28,29)30)14-8-19-15(7-18(14)25)17(10-33(19)12-2-1-3-12)20(22(26)27)32-36(34,35)13-4-5-13/h6-10,12-13,20,22,32H,1-5H2. The van der Waals surface area contributed by atoms with Gasteiger partial charge in [0.05, 0.1) is 11.4 Å². The average molecular weight is 535 g/mol. The Kier molecular flexibility index (Phi) is 6.05. The molecular formula is C23H20F7N3O2S. The molecule has 36 heavy (non-hydrogen) atoms. The molecule has 2 heterocycles. The van der Waals surface area contributed by atoms with Crippen molar-refractivity contribution in [2.75, 3.05) is 0 Å². The zero-order valence-electron chi connectivity index (χ0n) is 18.5. The van der Waals surface area contributed by atoms with Gasteiger partial charge in [-0.05, 0) is 50.3 Å². The van der Waals surface area contributed by atoms with Crippen molar-refractivity contribution in [3.8, 4) is 11.1 Å². The molecule has 2 aliphatic carbocycles. The Hall–Kier alpha value is -2.67. The highest BCUT2D eigenvalue weighted by atomic mass is 32.2. The van der Waals surface area contributed by atoms with E-state index in [9.17, 15) is 34.8 Å². The Morgan fingerprint density at radius 3 is 2.28 bits per heavy atom. The second kappa shape index (κ2) is 8.72. The summed E-state index contributed by atoms with van der Waals surface area (Å²) in [5.41, 5.74) is -2.97. The summed E-state index contributed by atoms with van der Waals surface area (Å²) in [5, 5.41) is -0.840. The predicted molar refractivity (Wildman–Crippen MR) is 117 cm³/mol. The number of aromatic nitrogens is 2. The van der Waals surface area contributed by atoms with E-state index in [1.807, 2.05) is 4.72 Å². The van der Waals surface area contributed by atoms with Crippen molar-refractivity contribution < 1.29 is 39.2 Å². The van der Waals surface area contributed by atoms with Crippen molar-refractivity contribution in [3.63, 3.8) is 0 Å². The molecule has 5 rings (SSSR count). The normalized spacial score (nSPS) is 18.1. The van der Waals surface area contributed by atoms with E-state index in [1.165, 1.54) is 6.20 Å². The summed E-state index contributed by atoms with van der Waals surface area (Å²) in [6.07, 6.45) is -3.69. The van der Waals surface area contributed by atoms with E-state index in [0.29, 0.717) is 37.9 Å². The molecular weight excluding hydrogens is 515 g/mol. The molecule has 2 saturated carbocycles. The van der Waals surface area contributed by atoms with Gasteiger partial charge in [0.2, 0.25) is 10.0 Å². The average Bonchev–Trinajstić information content (AvgIpc) is 3.54. The van der Waals surface area contributed by atoms with Crippen LogP contribution in [0.1, 0.15) is 55.4 Å². The number of nitrogens with zero attached hydrogens (tertiary/aromatic N) is 2. The van der Waals surface area contributed by atoms with Crippen molar-refractivity contribution in [2.24, 2.45) is 0 Å². The topological polar surface area (TPSA) is 64.0 Å². The van der Waals surface area contributed by atoms with Crippen LogP contribution >= 0.6 is 0 Å². The van der Waals surface area contributed by atoms with E-state index in [-0.39, 0.29) is 22.5 Å². The number of nitrogens with one attached hydrogen (secondary N) is 1. The molecule has 0 saturated heterocycles. The Labute approximate surface area is 201 Å². The molecule has 1 unspecified atom stereocenters. The fourth-order valence-electron chi connectivity index (χ4n) is 4.49. The van der Waals surface area contributed by atoms with Gasteiger partial charge in [-0.1, -0.05) is 0 Å². The Morgan fingerprint density at radius 2 is 1.72 bits per heavy atom. The SMILES string of the molecule is O=S(=O)(NC(c1cn(C2CCC2)c2cc(-c3cc(F)cnc3C(F)(F)F)c(F)cc12)C(F)F)C1CC1. The number of halogens is 7. The summed E-state index contributed by atoms with van der Waals surface area (Å²) in [5.74, 6) is -2.33. The van der Waals surface area contributed by atoms with E-state index in [0.717, 1.165) is 18.6 Å². The molecule has 0 bridgehead atoms. The summed E-state index contributed by atoms with van der Waals surface area (Å²) >= 11 is 0. The third-order valence-corrected chi connectivity index (χ3v) is 8.61. The van der Waals surface area contributed by atoms with Crippen LogP contribution in [0.25, 0.3) is 22.0 Å². The van der Waals surface area contributed by atoms with Crippen LogP contribution in [0, 0.1) is 11.6 Å². The molecule has 0 radical (unpaired) electrons. The van der Waals surface area contributed by atoms with Gasteiger partial charge in [0.1, 0.15) is 17.7 Å². The minimum absolute atomic E-state index is 0.0649. The molecule has 2 fully saturated rings. The first kappa shape index (κ1) is 25.0. The van der Waals surface area contributed by atoms with Crippen LogP contribution in [0.4, 0.5) is 30.7 Å². The Balaban J connectivity index is 1.71. The smallest absolute Gasteiger partial charge is 0.344 e. The fourth-order valence-corrected chi connectivity index (χ4v) is 6.02. The van der Waals surface area contributed by atoms with Gasteiger partial charge in [-0.25, -0.2) is 35.7 Å². The van der Waals surface area contributed by atoms with Gasteiger partial charge in [0, 0.05) is 39.8 Å². The van der Waals surface area contributed by atoms with Crippen LogP contribution in [-0.4, -0.2) is 29.6 Å². The number of hydrogen-bond acceptors (Lipinski definition) is 3. The highest BCUT2D eigenvalue weighted by Crippen LogP contribution is 2.43. The van der Waals surface area contributed by atoms with Gasteiger partial charge in [0.25, 0.3) is 6.43 Å². The van der Waals surface area contributed by atoms with E-state index in [4.69, 9.17) is 0 Å². The number of sulfonamides is 1. The first-order chi connectivity index (χ1) is 16.9. The zero-order chi connectivity index (χ0) is 26.0. The van der Waals surface area contributed by atoms with Crippen molar-refractivity contribution in [2.45, 2.75) is 62.0 Å². The van der Waals surface area contributed by atoms with Crippen molar-refractivity contribution in [1.82, 2.24) is 14.3 Å². The first-order valence-electron chi connectivity index (χ1n) is 11.2. The maximum Gasteiger partial charge on any atom is 0.433 e. The monoisotopic (exact) mass is 535 g/mol. The highest BCUT2D eigenvalue weighted by Gasteiger charge is 2.41. The zero-order valence-corrected chi connectivity index (χ0v) is 19.3. The summed E-state index contributed by atoms with van der Waals surface area (Å²) in [6.45, 7) is 0. The van der Waals surface area contributed by atoms with Crippen LogP contribution in [0.3, 0.4) is 0 Å². The third-order valence-electron chi connectivity index (χ3n) is 6.68. The Bertz CT molecular complexity index is 1430. The lowest BCUT2D eigenvalue weighted by Gasteiger charge is -2.28. The summed E-state index contributed by atoms with van der Waals surface area (Å²) in [7, 11) is -4.05. The van der Waals surface area contributed by atoms with E-state index in [1.54, 1.807) is 4.57 Å². The van der Waals surface area contributed by atoms with Crippen LogP contribution < -0.4 is 4.72 Å². The van der Waals surface area contributed by atoms with Crippen molar-refractivity contribution in [1.29, 1.82) is 0 Å². The number of benzene rings is 1. The van der Waals surface area contributed by atoms with Crippen LogP contribution in [0.2, 0.25) is 0 Å². The lowest BCUT2D eigenvalue weighted by molar-refractivity contribution is -0.140. The van der Waals surface area contributed by atoms with Crippen LogP contribution in [-0.2, 0) is 16.2 Å². The fraction of sp³-hybridized carbons (Fsp3) is 0.435. The lowest BCUT2D eigenvalue weighted by atomic mass is 9.92. The minimum atomic E-state index is -5.01. The number of pyridine rings is 1. The molecule has 2 aromatic heterocycles. The first-order valence-corrected chi connectivity index (χ1v) is 12.8. The second-order valence-electron chi connectivity index (χ2n) is 9.15. The highest BCUT2D eigenvalue weighted by molar-refractivity contribution is 7.90. The number of fused-ring (bicyclic) bond motifs is 1. The van der Waals surface area contributed by atoms with E-state index in [2.05, 4.69) is 4.98 Å².